The number of fused-ring (bicyclic) bond motifs is 1. The van der Waals surface area contributed by atoms with Gasteiger partial charge in [-0.1, -0.05) is 18.2 Å². The van der Waals surface area contributed by atoms with Crippen LogP contribution in [0.5, 0.6) is 0 Å². The number of carbonyl (C=O) groups excluding carboxylic acids is 1. The third-order valence-corrected chi connectivity index (χ3v) is 4.74. The zero-order chi connectivity index (χ0) is 13.6. The first-order chi connectivity index (χ1) is 8.98. The summed E-state index contributed by atoms with van der Waals surface area (Å²) in [6.45, 7) is 2.72. The Bertz CT molecular complexity index is 648. The maximum atomic E-state index is 12.5. The summed E-state index contributed by atoms with van der Waals surface area (Å²) in [5.41, 5.74) is 5.85. The molecule has 1 atom stereocenters. The Morgan fingerprint density at radius 1 is 1.47 bits per heavy atom. The number of hydrogen-bond acceptors (Lipinski definition) is 4. The Morgan fingerprint density at radius 2 is 2.21 bits per heavy atom. The number of rotatable bonds is 1. The largest absolute Gasteiger partial charge is 0.397 e. The first kappa shape index (κ1) is 12.4. The van der Waals surface area contributed by atoms with Crippen molar-refractivity contribution in [2.24, 2.45) is 0 Å². The normalized spacial score (nSPS) is 23.2. The van der Waals surface area contributed by atoms with Crippen LogP contribution in [0.4, 0.5) is 5.69 Å². The summed E-state index contributed by atoms with van der Waals surface area (Å²) < 4.78 is 1.02. The van der Waals surface area contributed by atoms with Gasteiger partial charge in [0.25, 0.3) is 5.91 Å². The Kier molecular flexibility index (Phi) is 2.76. The summed E-state index contributed by atoms with van der Waals surface area (Å²) in [5.74, 6) is -0.0727. The second-order valence-electron chi connectivity index (χ2n) is 5.31. The average Bonchev–Trinajstić information content (AvgIpc) is 2.90. The second-order valence-corrected chi connectivity index (χ2v) is 6.37. The van der Waals surface area contributed by atoms with Crippen molar-refractivity contribution >= 4 is 33.0 Å². The minimum atomic E-state index is -0.777. The van der Waals surface area contributed by atoms with Crippen molar-refractivity contribution in [2.45, 2.75) is 18.9 Å². The number of hydrogen-bond donors (Lipinski definition) is 2. The molecule has 1 saturated heterocycles. The highest BCUT2D eigenvalue weighted by Gasteiger charge is 2.35. The van der Waals surface area contributed by atoms with Crippen LogP contribution in [-0.2, 0) is 0 Å². The van der Waals surface area contributed by atoms with Crippen molar-refractivity contribution in [3.8, 4) is 0 Å². The molecule has 5 heteroatoms. The Morgan fingerprint density at radius 3 is 2.84 bits per heavy atom. The molecule has 1 unspecified atom stereocenters. The number of benzene rings is 1. The van der Waals surface area contributed by atoms with E-state index in [2.05, 4.69) is 0 Å². The van der Waals surface area contributed by atoms with E-state index in [0.29, 0.717) is 30.1 Å². The first-order valence-electron chi connectivity index (χ1n) is 6.27. The molecule has 1 aromatic carbocycles. The predicted molar refractivity (Wildman–Crippen MR) is 77.4 cm³/mol. The molecule has 1 amide bonds. The molecule has 2 aromatic rings. The standard InChI is InChI=1S/C14H16N2O2S/c1-14(18)6-7-16(8-14)13(17)12-11(15)9-4-2-3-5-10(9)19-12/h2-5,18H,6-8,15H2,1H3. The van der Waals surface area contributed by atoms with E-state index < -0.39 is 5.60 Å². The van der Waals surface area contributed by atoms with Crippen LogP contribution in [0, 0.1) is 0 Å². The smallest absolute Gasteiger partial charge is 0.266 e. The number of likely N-dealkylation sites (tertiary alicyclic amines) is 1. The summed E-state index contributed by atoms with van der Waals surface area (Å²) >= 11 is 1.42. The highest BCUT2D eigenvalue weighted by atomic mass is 32.1. The molecular weight excluding hydrogens is 260 g/mol. The minimum absolute atomic E-state index is 0.0727. The van der Waals surface area contributed by atoms with E-state index in [1.807, 2.05) is 24.3 Å². The van der Waals surface area contributed by atoms with Crippen molar-refractivity contribution in [3.63, 3.8) is 0 Å². The van der Waals surface area contributed by atoms with Gasteiger partial charge in [-0.25, -0.2) is 0 Å². The molecule has 2 heterocycles. The molecule has 1 fully saturated rings. The van der Waals surface area contributed by atoms with Crippen LogP contribution in [0.1, 0.15) is 23.0 Å². The molecule has 1 aliphatic heterocycles. The number of carbonyl (C=O) groups is 1. The molecule has 0 bridgehead atoms. The van der Waals surface area contributed by atoms with Gasteiger partial charge in [-0.3, -0.25) is 4.79 Å². The summed E-state index contributed by atoms with van der Waals surface area (Å²) in [4.78, 5) is 14.7. The van der Waals surface area contributed by atoms with E-state index in [0.717, 1.165) is 10.1 Å². The van der Waals surface area contributed by atoms with Crippen LogP contribution in [0.15, 0.2) is 24.3 Å². The molecule has 0 radical (unpaired) electrons. The molecular formula is C14H16N2O2S. The van der Waals surface area contributed by atoms with Gasteiger partial charge in [0.15, 0.2) is 0 Å². The van der Waals surface area contributed by atoms with E-state index in [1.54, 1.807) is 11.8 Å². The van der Waals surface area contributed by atoms with Crippen LogP contribution < -0.4 is 5.73 Å². The first-order valence-corrected chi connectivity index (χ1v) is 7.08. The van der Waals surface area contributed by atoms with Crippen LogP contribution in [0.2, 0.25) is 0 Å². The number of nitrogen functional groups attached to an aromatic ring is 1. The van der Waals surface area contributed by atoms with Crippen molar-refractivity contribution in [1.29, 1.82) is 0 Å². The molecule has 1 aromatic heterocycles. The van der Waals surface area contributed by atoms with Crippen LogP contribution in [0.3, 0.4) is 0 Å². The lowest BCUT2D eigenvalue weighted by atomic mass is 10.1. The van der Waals surface area contributed by atoms with Crippen LogP contribution in [-0.4, -0.2) is 34.6 Å². The van der Waals surface area contributed by atoms with E-state index in [4.69, 9.17) is 5.73 Å². The molecule has 4 nitrogen and oxygen atoms in total. The van der Waals surface area contributed by atoms with Crippen LogP contribution in [0.25, 0.3) is 10.1 Å². The van der Waals surface area contributed by atoms with Gasteiger partial charge in [0.2, 0.25) is 0 Å². The zero-order valence-electron chi connectivity index (χ0n) is 10.7. The number of β-amino-alcohol motifs (C(OH)–C–C–N with tert-alkyl or cyclic N) is 1. The van der Waals surface area contributed by atoms with Crippen molar-refractivity contribution in [2.75, 3.05) is 18.8 Å². The van der Waals surface area contributed by atoms with Gasteiger partial charge >= 0.3 is 0 Å². The SMILES string of the molecule is CC1(O)CCN(C(=O)c2sc3ccccc3c2N)C1. The number of aliphatic hydroxyl groups is 1. The minimum Gasteiger partial charge on any atom is -0.397 e. The molecule has 0 saturated carbocycles. The molecule has 0 spiro atoms. The zero-order valence-corrected chi connectivity index (χ0v) is 11.5. The molecule has 100 valence electrons. The summed E-state index contributed by atoms with van der Waals surface area (Å²) in [6, 6.07) is 7.75. The van der Waals surface area contributed by atoms with Crippen molar-refractivity contribution < 1.29 is 9.90 Å². The van der Waals surface area contributed by atoms with E-state index in [-0.39, 0.29) is 5.91 Å². The lowest BCUT2D eigenvalue weighted by Crippen LogP contribution is -2.33. The van der Waals surface area contributed by atoms with E-state index >= 15 is 0 Å². The maximum Gasteiger partial charge on any atom is 0.266 e. The average molecular weight is 276 g/mol. The summed E-state index contributed by atoms with van der Waals surface area (Å²) in [6.07, 6.45) is 0.615. The van der Waals surface area contributed by atoms with Gasteiger partial charge < -0.3 is 15.7 Å². The van der Waals surface area contributed by atoms with Crippen molar-refractivity contribution in [1.82, 2.24) is 4.90 Å². The predicted octanol–water partition coefficient (Wildman–Crippen LogP) is 2.08. The summed E-state index contributed by atoms with van der Waals surface area (Å²) in [5, 5.41) is 10.9. The molecule has 19 heavy (non-hydrogen) atoms. The Labute approximate surface area is 115 Å². The molecule has 3 rings (SSSR count). The Hall–Kier alpha value is -1.59. The van der Waals surface area contributed by atoms with Gasteiger partial charge in [0, 0.05) is 23.2 Å². The number of nitrogens with two attached hydrogens (primary N) is 1. The molecule has 3 N–H and O–H groups in total. The fraction of sp³-hybridized carbons (Fsp3) is 0.357. The van der Waals surface area contributed by atoms with Gasteiger partial charge in [0.1, 0.15) is 4.88 Å². The third-order valence-electron chi connectivity index (χ3n) is 3.57. The number of anilines is 1. The van der Waals surface area contributed by atoms with Crippen LogP contribution >= 0.6 is 11.3 Å². The quantitative estimate of drug-likeness (QED) is 0.838. The van der Waals surface area contributed by atoms with Gasteiger partial charge in [-0.05, 0) is 19.4 Å². The molecule has 1 aliphatic rings. The lowest BCUT2D eigenvalue weighted by molar-refractivity contribution is 0.0575. The second kappa shape index (κ2) is 4.21. The maximum absolute atomic E-state index is 12.5. The Balaban J connectivity index is 1.96. The van der Waals surface area contributed by atoms with Gasteiger partial charge in [-0.15, -0.1) is 11.3 Å². The van der Waals surface area contributed by atoms with E-state index in [1.165, 1.54) is 11.3 Å². The summed E-state index contributed by atoms with van der Waals surface area (Å²) in [7, 11) is 0. The number of thiophene rings is 1. The monoisotopic (exact) mass is 276 g/mol. The third kappa shape index (κ3) is 2.09. The molecule has 0 aliphatic carbocycles. The topological polar surface area (TPSA) is 66.6 Å². The number of amides is 1. The highest BCUT2D eigenvalue weighted by molar-refractivity contribution is 7.21. The number of nitrogens with zero attached hydrogens (tertiary/aromatic N) is 1. The lowest BCUT2D eigenvalue weighted by Gasteiger charge is -2.18. The van der Waals surface area contributed by atoms with Gasteiger partial charge in [0.05, 0.1) is 11.3 Å². The van der Waals surface area contributed by atoms with Gasteiger partial charge in [-0.2, -0.15) is 0 Å². The fourth-order valence-electron chi connectivity index (χ4n) is 2.49. The highest BCUT2D eigenvalue weighted by Crippen LogP contribution is 2.35. The fourth-order valence-corrected chi connectivity index (χ4v) is 3.58. The van der Waals surface area contributed by atoms with E-state index in [9.17, 15) is 9.90 Å². The van der Waals surface area contributed by atoms with Crippen molar-refractivity contribution in [3.05, 3.63) is 29.1 Å².